The Morgan fingerprint density at radius 2 is 1.56 bits per heavy atom. The van der Waals surface area contributed by atoms with Crippen molar-refractivity contribution in [2.24, 2.45) is 5.92 Å². The summed E-state index contributed by atoms with van der Waals surface area (Å²) >= 11 is 0. The van der Waals surface area contributed by atoms with Crippen LogP contribution in [0.2, 0.25) is 36.3 Å². The molecule has 9 heteroatoms. The standard InChI is InChI=1S/C34H62O7Si2/c1-24(22-38-42(10,11)32(2,3)4)18-28-29(41-43(12,13)33(5,6)7)20-34(8)31(39-28)19-27(30(21-35)40-34)37-23-25-14-16-26(36-9)17-15-25/h14-17,24,27-31,35H,18-23H2,1-13H3/t24-,27+,28+,29-,30-,31-,34+/m1/s1. The molecule has 1 aromatic carbocycles. The molecule has 1 N–H and O–H groups in total. The van der Waals surface area contributed by atoms with Crippen molar-refractivity contribution in [2.45, 2.75) is 154 Å². The third-order valence-electron chi connectivity index (χ3n) is 10.5. The first-order chi connectivity index (χ1) is 19.7. The zero-order chi connectivity index (χ0) is 32.4. The lowest BCUT2D eigenvalue weighted by atomic mass is 9.79. The quantitative estimate of drug-likeness (QED) is 0.235. The zero-order valence-electron chi connectivity index (χ0n) is 29.4. The van der Waals surface area contributed by atoms with Crippen LogP contribution < -0.4 is 4.74 Å². The van der Waals surface area contributed by atoms with Crippen LogP contribution in [0.1, 0.15) is 80.2 Å². The van der Waals surface area contributed by atoms with E-state index < -0.39 is 28.3 Å². The van der Waals surface area contributed by atoms with Crippen molar-refractivity contribution in [1.82, 2.24) is 0 Å². The number of fused-ring (bicyclic) bond motifs is 1. The van der Waals surface area contributed by atoms with Crippen LogP contribution in [0.5, 0.6) is 5.75 Å². The molecule has 2 heterocycles. The van der Waals surface area contributed by atoms with Gasteiger partial charge in [-0.05, 0) is 73.2 Å². The van der Waals surface area contributed by atoms with Crippen LogP contribution >= 0.6 is 0 Å². The van der Waals surface area contributed by atoms with Gasteiger partial charge in [0.1, 0.15) is 11.9 Å². The Morgan fingerprint density at radius 1 is 0.953 bits per heavy atom. The van der Waals surface area contributed by atoms with Crippen molar-refractivity contribution in [1.29, 1.82) is 0 Å². The summed E-state index contributed by atoms with van der Waals surface area (Å²) in [6, 6.07) is 7.88. The van der Waals surface area contributed by atoms with Crippen LogP contribution in [0.15, 0.2) is 24.3 Å². The number of rotatable bonds is 12. The van der Waals surface area contributed by atoms with E-state index in [1.54, 1.807) is 7.11 Å². The molecule has 7 atom stereocenters. The van der Waals surface area contributed by atoms with Gasteiger partial charge in [0.05, 0.1) is 50.3 Å². The van der Waals surface area contributed by atoms with E-state index in [9.17, 15) is 5.11 Å². The summed E-state index contributed by atoms with van der Waals surface area (Å²) in [6.45, 7) is 28.4. The van der Waals surface area contributed by atoms with Gasteiger partial charge in [-0.2, -0.15) is 0 Å². The van der Waals surface area contributed by atoms with E-state index in [-0.39, 0.29) is 41.1 Å². The molecule has 248 valence electrons. The van der Waals surface area contributed by atoms with E-state index >= 15 is 0 Å². The summed E-state index contributed by atoms with van der Waals surface area (Å²) in [5.41, 5.74) is 0.476. The number of aliphatic hydroxyl groups excluding tert-OH is 1. The molecule has 1 aromatic rings. The molecular formula is C34H62O7Si2. The summed E-state index contributed by atoms with van der Waals surface area (Å²) in [4.78, 5) is 0. The van der Waals surface area contributed by atoms with Gasteiger partial charge in [-0.3, -0.25) is 0 Å². The Morgan fingerprint density at radius 3 is 2.09 bits per heavy atom. The molecule has 0 bridgehead atoms. The normalized spacial score (nSPS) is 29.7. The third-order valence-corrected chi connectivity index (χ3v) is 19.6. The average molecular weight is 639 g/mol. The highest BCUT2D eigenvalue weighted by atomic mass is 28.4. The molecule has 0 aliphatic carbocycles. The van der Waals surface area contributed by atoms with Crippen molar-refractivity contribution in [3.63, 3.8) is 0 Å². The molecule has 3 rings (SSSR count). The van der Waals surface area contributed by atoms with Crippen LogP contribution in [-0.2, 0) is 29.7 Å². The lowest BCUT2D eigenvalue weighted by molar-refractivity contribution is -0.295. The maximum atomic E-state index is 10.3. The summed E-state index contributed by atoms with van der Waals surface area (Å²) in [6.07, 6.45) is 1.24. The van der Waals surface area contributed by atoms with E-state index in [1.165, 1.54) is 0 Å². The molecule has 43 heavy (non-hydrogen) atoms. The highest BCUT2D eigenvalue weighted by molar-refractivity contribution is 6.74. The van der Waals surface area contributed by atoms with Crippen LogP contribution in [0.4, 0.5) is 0 Å². The van der Waals surface area contributed by atoms with Gasteiger partial charge in [0.15, 0.2) is 16.6 Å². The van der Waals surface area contributed by atoms with Gasteiger partial charge >= 0.3 is 0 Å². The number of hydrogen-bond acceptors (Lipinski definition) is 7. The van der Waals surface area contributed by atoms with Crippen molar-refractivity contribution in [3.8, 4) is 5.75 Å². The van der Waals surface area contributed by atoms with Crippen molar-refractivity contribution in [2.75, 3.05) is 20.3 Å². The Balaban J connectivity index is 1.78. The topological polar surface area (TPSA) is 75.6 Å². The Kier molecular flexibility index (Phi) is 11.9. The van der Waals surface area contributed by atoms with E-state index in [4.69, 9.17) is 27.8 Å². The van der Waals surface area contributed by atoms with Gasteiger partial charge in [0.25, 0.3) is 0 Å². The van der Waals surface area contributed by atoms with Gasteiger partial charge < -0.3 is 32.9 Å². The third kappa shape index (κ3) is 9.15. The van der Waals surface area contributed by atoms with Crippen molar-refractivity contribution >= 4 is 16.6 Å². The molecule has 2 aliphatic rings. The molecule has 2 aliphatic heterocycles. The Labute approximate surface area is 264 Å². The number of aliphatic hydroxyl groups is 1. The number of benzene rings is 1. The second-order valence-corrected chi connectivity index (χ2v) is 25.8. The number of methoxy groups -OCH3 is 1. The number of ether oxygens (including phenoxy) is 4. The smallest absolute Gasteiger partial charge is 0.192 e. The van der Waals surface area contributed by atoms with Crippen LogP contribution in [0, 0.1) is 5.92 Å². The summed E-state index contributed by atoms with van der Waals surface area (Å²) in [5.74, 6) is 1.14. The minimum atomic E-state index is -2.09. The fraction of sp³-hybridized carbons (Fsp3) is 0.824. The maximum absolute atomic E-state index is 10.3. The predicted octanol–water partition coefficient (Wildman–Crippen LogP) is 7.72. The highest BCUT2D eigenvalue weighted by Gasteiger charge is 2.55. The molecule has 0 spiro atoms. The van der Waals surface area contributed by atoms with Crippen LogP contribution in [-0.4, -0.2) is 78.2 Å². The summed E-state index contributed by atoms with van der Waals surface area (Å²) in [7, 11) is -2.27. The molecule has 0 radical (unpaired) electrons. The Bertz CT molecular complexity index is 1020. The monoisotopic (exact) mass is 638 g/mol. The first kappa shape index (κ1) is 36.7. The first-order valence-corrected chi connectivity index (χ1v) is 22.0. The van der Waals surface area contributed by atoms with Gasteiger partial charge in [0.2, 0.25) is 0 Å². The van der Waals surface area contributed by atoms with Gasteiger partial charge in [-0.1, -0.05) is 60.6 Å². The van der Waals surface area contributed by atoms with Crippen molar-refractivity contribution < 1.29 is 32.9 Å². The fourth-order valence-electron chi connectivity index (χ4n) is 5.49. The molecular weight excluding hydrogens is 577 g/mol. The van der Waals surface area contributed by atoms with E-state index in [1.807, 2.05) is 24.3 Å². The largest absolute Gasteiger partial charge is 0.497 e. The molecule has 7 nitrogen and oxygen atoms in total. The lowest BCUT2D eigenvalue weighted by Gasteiger charge is -2.55. The van der Waals surface area contributed by atoms with E-state index in [0.717, 1.165) is 30.8 Å². The Hall–Kier alpha value is -0.786. The average Bonchev–Trinajstić information content (AvgIpc) is 2.89. The molecule has 0 amide bonds. The predicted molar refractivity (Wildman–Crippen MR) is 179 cm³/mol. The molecule has 2 fully saturated rings. The minimum absolute atomic E-state index is 0.0678. The zero-order valence-corrected chi connectivity index (χ0v) is 31.4. The van der Waals surface area contributed by atoms with E-state index in [0.29, 0.717) is 18.9 Å². The SMILES string of the molecule is COc1ccc(CO[C@H]2C[C@H]3O[C@@H](C[C@@H](C)CO[Si](C)(C)C(C)(C)C)[C@H](O[Si](C)(C)C(C)(C)C)C[C@]3(C)O[C@@H]2CO)cc1. The first-order valence-electron chi connectivity index (χ1n) is 16.2. The number of hydrogen-bond donors (Lipinski definition) is 1. The molecule has 0 aromatic heterocycles. The van der Waals surface area contributed by atoms with Crippen molar-refractivity contribution in [3.05, 3.63) is 29.8 Å². The van der Waals surface area contributed by atoms with Gasteiger partial charge in [-0.15, -0.1) is 0 Å². The van der Waals surface area contributed by atoms with Gasteiger partial charge in [-0.25, -0.2) is 0 Å². The minimum Gasteiger partial charge on any atom is -0.497 e. The molecule has 2 saturated heterocycles. The molecule has 0 saturated carbocycles. The molecule has 0 unspecified atom stereocenters. The summed E-state index contributed by atoms with van der Waals surface area (Å²) in [5, 5.41) is 10.6. The fourth-order valence-corrected chi connectivity index (χ4v) is 7.97. The highest BCUT2D eigenvalue weighted by Crippen LogP contribution is 2.46. The van der Waals surface area contributed by atoms with Crippen LogP contribution in [0.25, 0.3) is 0 Å². The summed E-state index contributed by atoms with van der Waals surface area (Å²) < 4.78 is 39.0. The lowest BCUT2D eigenvalue weighted by Crippen LogP contribution is -2.65. The second kappa shape index (κ2) is 13.9. The second-order valence-electron chi connectivity index (χ2n) is 16.3. The maximum Gasteiger partial charge on any atom is 0.192 e. The van der Waals surface area contributed by atoms with Gasteiger partial charge in [0, 0.05) is 19.4 Å². The van der Waals surface area contributed by atoms with Crippen LogP contribution in [0.3, 0.4) is 0 Å². The van der Waals surface area contributed by atoms with E-state index in [2.05, 4.69) is 81.6 Å².